The van der Waals surface area contributed by atoms with Gasteiger partial charge in [0.2, 0.25) is 5.91 Å². The lowest BCUT2D eigenvalue weighted by Gasteiger charge is -2.17. The maximum absolute atomic E-state index is 13.2. The average Bonchev–Trinajstić information content (AvgIpc) is 2.59. The normalized spacial score (nSPS) is 12.6. The van der Waals surface area contributed by atoms with Crippen LogP contribution < -0.4 is 10.6 Å². The van der Waals surface area contributed by atoms with Gasteiger partial charge in [0, 0.05) is 44.7 Å². The van der Waals surface area contributed by atoms with Crippen molar-refractivity contribution in [3.63, 3.8) is 0 Å². The number of alkyl halides is 3. The van der Waals surface area contributed by atoms with E-state index in [0.717, 1.165) is 22.6 Å². The highest BCUT2D eigenvalue weighted by atomic mass is 127. The fourth-order valence-electron chi connectivity index (χ4n) is 2.48. The first-order valence-electron chi connectivity index (χ1n) is 8.90. The number of carbonyl (C=O) groups is 2. The third-order valence-corrected chi connectivity index (χ3v) is 5.31. The van der Waals surface area contributed by atoms with Crippen LogP contribution in [0.4, 0.5) is 14.6 Å². The molecule has 5 nitrogen and oxygen atoms in total. The van der Waals surface area contributed by atoms with Crippen molar-refractivity contribution in [1.29, 1.82) is 0 Å². The lowest BCUT2D eigenvalue weighted by atomic mass is 10.1. The molecule has 0 spiro atoms. The van der Waals surface area contributed by atoms with Gasteiger partial charge in [-0.15, -0.1) is 0 Å². The van der Waals surface area contributed by atoms with Crippen LogP contribution in [0.1, 0.15) is 48.4 Å². The molecule has 0 bridgehead atoms. The van der Waals surface area contributed by atoms with E-state index in [1.807, 2.05) is 0 Å². The third kappa shape index (κ3) is 7.54. The third-order valence-electron chi connectivity index (χ3n) is 3.93. The van der Waals surface area contributed by atoms with E-state index in [0.29, 0.717) is 39.3 Å². The second kappa shape index (κ2) is 9.84. The van der Waals surface area contributed by atoms with Crippen molar-refractivity contribution in [2.24, 2.45) is 5.92 Å². The minimum Gasteiger partial charge on any atom is -0.346 e. The van der Waals surface area contributed by atoms with Crippen LogP contribution in [0, 0.1) is 12.8 Å². The summed E-state index contributed by atoms with van der Waals surface area (Å²) >= 11 is 1.53. The summed E-state index contributed by atoms with van der Waals surface area (Å²) in [4.78, 5) is 29.2. The second-order valence-corrected chi connectivity index (χ2v) is 10.1. The average molecular weight is 533 g/mol. The SMILES string of the molecule is Cc1cc(C(=O)NC(C)c2cccc(SC(F)(F)I)c2)cc(NC(=O)C(C)C)n1. The smallest absolute Gasteiger partial charge is 0.346 e. The Morgan fingerprint density at radius 1 is 1.17 bits per heavy atom. The Bertz CT molecular complexity index is 904. The molecule has 0 fully saturated rings. The number of amides is 2. The van der Waals surface area contributed by atoms with Gasteiger partial charge in [0.15, 0.2) is 0 Å². The van der Waals surface area contributed by atoms with E-state index < -0.39 is 9.30 Å². The number of benzene rings is 1. The molecule has 1 unspecified atom stereocenters. The number of aryl methyl sites for hydroxylation is 1. The molecule has 1 aromatic heterocycles. The summed E-state index contributed by atoms with van der Waals surface area (Å²) < 4.78 is 23.6. The first kappa shape index (κ1) is 23.5. The molecule has 0 aliphatic heterocycles. The molecule has 2 amide bonds. The predicted molar refractivity (Wildman–Crippen MR) is 120 cm³/mol. The Kier molecular flexibility index (Phi) is 7.98. The summed E-state index contributed by atoms with van der Waals surface area (Å²) in [5.74, 6) is -0.441. The molecule has 1 aromatic carbocycles. The van der Waals surface area contributed by atoms with Crippen molar-refractivity contribution in [1.82, 2.24) is 10.3 Å². The number of thioether (sulfide) groups is 1. The molecule has 2 N–H and O–H groups in total. The van der Waals surface area contributed by atoms with Crippen molar-refractivity contribution >= 4 is 52.0 Å². The number of rotatable bonds is 7. The molecule has 0 saturated carbocycles. The molecular formula is C20H22F2IN3O2S. The highest BCUT2D eigenvalue weighted by Gasteiger charge is 2.25. The maximum Gasteiger partial charge on any atom is 0.347 e. The monoisotopic (exact) mass is 533 g/mol. The number of nitrogens with zero attached hydrogens (tertiary/aromatic N) is 1. The molecule has 0 saturated heterocycles. The lowest BCUT2D eigenvalue weighted by molar-refractivity contribution is -0.118. The van der Waals surface area contributed by atoms with Gasteiger partial charge in [-0.05, 0) is 55.4 Å². The van der Waals surface area contributed by atoms with E-state index in [1.165, 1.54) is 6.07 Å². The van der Waals surface area contributed by atoms with Crippen molar-refractivity contribution in [2.45, 2.75) is 41.9 Å². The second-order valence-electron chi connectivity index (χ2n) is 6.84. The molecule has 1 heterocycles. The van der Waals surface area contributed by atoms with Crippen LogP contribution in [0.5, 0.6) is 0 Å². The number of pyridine rings is 1. The van der Waals surface area contributed by atoms with Crippen molar-refractivity contribution < 1.29 is 18.4 Å². The van der Waals surface area contributed by atoms with E-state index in [1.54, 1.807) is 58.0 Å². The molecule has 29 heavy (non-hydrogen) atoms. The number of carbonyl (C=O) groups excluding carboxylic acids is 2. The molecule has 0 aliphatic rings. The predicted octanol–water partition coefficient (Wildman–Crippen LogP) is 5.55. The van der Waals surface area contributed by atoms with Gasteiger partial charge in [0.05, 0.1) is 6.04 Å². The van der Waals surface area contributed by atoms with E-state index in [2.05, 4.69) is 15.6 Å². The van der Waals surface area contributed by atoms with Crippen LogP contribution in [0.3, 0.4) is 0 Å². The summed E-state index contributed by atoms with van der Waals surface area (Å²) in [6.07, 6.45) is 0. The topological polar surface area (TPSA) is 71.1 Å². The number of halogens is 3. The Balaban J connectivity index is 2.14. The quantitative estimate of drug-likeness (QED) is 0.278. The largest absolute Gasteiger partial charge is 0.347 e. The standard InChI is InChI=1S/C20H22F2IN3O2S/c1-11(2)18(27)26-17-10-15(8-12(3)24-17)19(28)25-13(4)14-6-5-7-16(9-14)29-20(21,22)23/h5-11,13H,1-4H3,(H,25,28)(H,24,26,27). The molecule has 2 rings (SSSR count). The Hall–Kier alpha value is -1.75. The lowest BCUT2D eigenvalue weighted by Crippen LogP contribution is -2.27. The summed E-state index contributed by atoms with van der Waals surface area (Å²) in [6.45, 7) is 7.04. The van der Waals surface area contributed by atoms with Crippen LogP contribution in [0.15, 0.2) is 41.3 Å². The van der Waals surface area contributed by atoms with E-state index in [9.17, 15) is 18.4 Å². The fraction of sp³-hybridized carbons (Fsp3) is 0.350. The van der Waals surface area contributed by atoms with Gasteiger partial charge >= 0.3 is 3.26 Å². The van der Waals surface area contributed by atoms with Crippen LogP contribution in [-0.2, 0) is 4.79 Å². The Labute approximate surface area is 186 Å². The van der Waals surface area contributed by atoms with Crippen LogP contribution in [-0.4, -0.2) is 20.1 Å². The van der Waals surface area contributed by atoms with Gasteiger partial charge in [0.25, 0.3) is 5.91 Å². The molecule has 0 aliphatic carbocycles. The molecule has 2 aromatic rings. The van der Waals surface area contributed by atoms with Crippen molar-refractivity contribution in [3.8, 4) is 0 Å². The van der Waals surface area contributed by atoms with Gasteiger partial charge in [-0.2, -0.15) is 8.78 Å². The number of nitrogens with one attached hydrogen (secondary N) is 2. The number of hydrogen-bond acceptors (Lipinski definition) is 4. The van der Waals surface area contributed by atoms with Gasteiger partial charge in [-0.3, -0.25) is 9.59 Å². The minimum absolute atomic E-state index is 0.191. The number of hydrogen-bond donors (Lipinski definition) is 2. The van der Waals surface area contributed by atoms with Gasteiger partial charge in [0.1, 0.15) is 5.82 Å². The van der Waals surface area contributed by atoms with Gasteiger partial charge in [-0.1, -0.05) is 26.0 Å². The van der Waals surface area contributed by atoms with E-state index >= 15 is 0 Å². The molecule has 156 valence electrons. The first-order valence-corrected chi connectivity index (χ1v) is 10.8. The van der Waals surface area contributed by atoms with Crippen molar-refractivity contribution in [3.05, 3.63) is 53.2 Å². The van der Waals surface area contributed by atoms with Crippen molar-refractivity contribution in [2.75, 3.05) is 5.32 Å². The minimum atomic E-state index is -2.91. The Morgan fingerprint density at radius 2 is 1.86 bits per heavy atom. The van der Waals surface area contributed by atoms with E-state index in [-0.39, 0.29) is 17.7 Å². The fourth-order valence-corrected chi connectivity index (χ4v) is 3.85. The summed E-state index contributed by atoms with van der Waals surface area (Å²) in [5.41, 5.74) is 1.66. The van der Waals surface area contributed by atoms with Crippen LogP contribution in [0.25, 0.3) is 0 Å². The van der Waals surface area contributed by atoms with Gasteiger partial charge in [-0.25, -0.2) is 4.98 Å². The zero-order valence-corrected chi connectivity index (χ0v) is 19.4. The number of aromatic nitrogens is 1. The molecular weight excluding hydrogens is 511 g/mol. The molecule has 9 heteroatoms. The maximum atomic E-state index is 13.2. The number of anilines is 1. The van der Waals surface area contributed by atoms with Crippen LogP contribution in [0.2, 0.25) is 0 Å². The summed E-state index contributed by atoms with van der Waals surface area (Å²) in [5, 5.41) is 5.54. The first-order chi connectivity index (χ1) is 13.4. The zero-order valence-electron chi connectivity index (χ0n) is 16.4. The highest BCUT2D eigenvalue weighted by Crippen LogP contribution is 2.41. The van der Waals surface area contributed by atoms with Crippen LogP contribution >= 0.6 is 34.4 Å². The van der Waals surface area contributed by atoms with Gasteiger partial charge < -0.3 is 10.6 Å². The molecule has 1 atom stereocenters. The summed E-state index contributed by atoms with van der Waals surface area (Å²) in [7, 11) is 0. The zero-order chi connectivity index (χ0) is 21.8. The molecule has 0 radical (unpaired) electrons. The highest BCUT2D eigenvalue weighted by molar-refractivity contribution is 14.1. The van der Waals surface area contributed by atoms with E-state index in [4.69, 9.17) is 0 Å². The summed E-state index contributed by atoms with van der Waals surface area (Å²) in [6, 6.07) is 9.42. The Morgan fingerprint density at radius 3 is 2.48 bits per heavy atom.